The zero-order valence-electron chi connectivity index (χ0n) is 26.4. The summed E-state index contributed by atoms with van der Waals surface area (Å²) in [4.78, 5) is 34.2. The molecule has 1 aliphatic carbocycles. The lowest BCUT2D eigenvalue weighted by atomic mass is 9.93. The van der Waals surface area contributed by atoms with Crippen molar-refractivity contribution in [1.29, 1.82) is 0 Å². The van der Waals surface area contributed by atoms with Crippen molar-refractivity contribution >= 4 is 23.2 Å². The molecular formula is C36H48N2O4S. The third-order valence-electron chi connectivity index (χ3n) is 8.47. The zero-order chi connectivity index (χ0) is 30.6. The van der Waals surface area contributed by atoms with E-state index in [9.17, 15) is 9.59 Å². The SMILES string of the molecule is CCCCCc1ccc(C(=O)N(CC(=O)N(CCc2ccc(OC)c(OC)c2)Cc2ccc(C)s2)C2CCCCC2)cc1. The monoisotopic (exact) mass is 604 g/mol. The number of benzene rings is 2. The van der Waals surface area contributed by atoms with Crippen LogP contribution < -0.4 is 9.47 Å². The van der Waals surface area contributed by atoms with Gasteiger partial charge in [-0.05, 0) is 86.6 Å². The van der Waals surface area contributed by atoms with Crippen molar-refractivity contribution in [1.82, 2.24) is 9.80 Å². The van der Waals surface area contributed by atoms with Gasteiger partial charge in [0.2, 0.25) is 5.91 Å². The first-order valence-corrected chi connectivity index (χ1v) is 16.7. The number of ether oxygens (including phenoxy) is 2. The number of carbonyl (C=O) groups is 2. The second-order valence-electron chi connectivity index (χ2n) is 11.6. The van der Waals surface area contributed by atoms with Crippen LogP contribution in [0.25, 0.3) is 0 Å². The van der Waals surface area contributed by atoms with E-state index in [-0.39, 0.29) is 24.4 Å². The molecule has 7 heteroatoms. The Balaban J connectivity index is 1.52. The highest BCUT2D eigenvalue weighted by atomic mass is 32.1. The van der Waals surface area contributed by atoms with E-state index in [2.05, 4.69) is 38.1 Å². The Morgan fingerprint density at radius 1 is 0.860 bits per heavy atom. The van der Waals surface area contributed by atoms with Gasteiger partial charge in [-0.2, -0.15) is 0 Å². The molecule has 0 N–H and O–H groups in total. The third kappa shape index (κ3) is 9.33. The molecule has 0 bridgehead atoms. The molecule has 0 radical (unpaired) electrons. The van der Waals surface area contributed by atoms with E-state index in [1.54, 1.807) is 25.6 Å². The molecule has 6 nitrogen and oxygen atoms in total. The molecule has 2 aromatic carbocycles. The second-order valence-corrected chi connectivity index (χ2v) is 13.0. The van der Waals surface area contributed by atoms with Crippen molar-refractivity contribution < 1.29 is 19.1 Å². The molecule has 0 spiro atoms. The van der Waals surface area contributed by atoms with Gasteiger partial charge < -0.3 is 19.3 Å². The van der Waals surface area contributed by atoms with E-state index in [0.29, 0.717) is 36.6 Å². The molecule has 1 aromatic heterocycles. The number of carbonyl (C=O) groups excluding carboxylic acids is 2. The van der Waals surface area contributed by atoms with Crippen LogP contribution in [0.3, 0.4) is 0 Å². The molecule has 232 valence electrons. The van der Waals surface area contributed by atoms with Gasteiger partial charge in [0.15, 0.2) is 11.5 Å². The molecule has 43 heavy (non-hydrogen) atoms. The normalized spacial score (nSPS) is 13.5. The van der Waals surface area contributed by atoms with Gasteiger partial charge in [0, 0.05) is 27.9 Å². The Bertz CT molecular complexity index is 1310. The van der Waals surface area contributed by atoms with Gasteiger partial charge in [-0.25, -0.2) is 0 Å². The summed E-state index contributed by atoms with van der Waals surface area (Å²) in [5, 5.41) is 0. The average Bonchev–Trinajstić information content (AvgIpc) is 3.46. The Labute approximate surface area is 262 Å². The molecule has 0 saturated heterocycles. The summed E-state index contributed by atoms with van der Waals surface area (Å²) >= 11 is 1.71. The molecular weight excluding hydrogens is 556 g/mol. The topological polar surface area (TPSA) is 59.1 Å². The quantitative estimate of drug-likeness (QED) is 0.166. The number of unbranched alkanes of at least 4 members (excludes halogenated alkanes) is 2. The van der Waals surface area contributed by atoms with E-state index >= 15 is 0 Å². The first kappa shape index (κ1) is 32.6. The van der Waals surface area contributed by atoms with E-state index in [4.69, 9.17) is 9.47 Å². The summed E-state index contributed by atoms with van der Waals surface area (Å²) in [6.07, 6.45) is 10.5. The average molecular weight is 605 g/mol. The predicted molar refractivity (Wildman–Crippen MR) is 175 cm³/mol. The molecule has 0 aliphatic heterocycles. The predicted octanol–water partition coefficient (Wildman–Crippen LogP) is 7.85. The van der Waals surface area contributed by atoms with Gasteiger partial charge in [0.1, 0.15) is 6.54 Å². The molecule has 4 rings (SSSR count). The zero-order valence-corrected chi connectivity index (χ0v) is 27.2. The lowest BCUT2D eigenvalue weighted by Crippen LogP contribution is -2.48. The Kier molecular flexibility index (Phi) is 12.5. The lowest BCUT2D eigenvalue weighted by Gasteiger charge is -2.35. The number of amides is 2. The Morgan fingerprint density at radius 3 is 2.23 bits per heavy atom. The van der Waals surface area contributed by atoms with Crippen molar-refractivity contribution in [2.75, 3.05) is 27.3 Å². The largest absolute Gasteiger partial charge is 0.493 e. The summed E-state index contributed by atoms with van der Waals surface area (Å²) in [7, 11) is 3.26. The lowest BCUT2D eigenvalue weighted by molar-refractivity contribution is -0.133. The van der Waals surface area contributed by atoms with Crippen LogP contribution in [0.2, 0.25) is 0 Å². The maximum absolute atomic E-state index is 14.1. The Morgan fingerprint density at radius 2 is 1.58 bits per heavy atom. The number of rotatable bonds is 15. The van der Waals surface area contributed by atoms with Gasteiger partial charge in [-0.1, -0.05) is 57.2 Å². The maximum atomic E-state index is 14.1. The van der Waals surface area contributed by atoms with Crippen molar-refractivity contribution in [2.45, 2.75) is 90.6 Å². The number of nitrogens with zero attached hydrogens (tertiary/aromatic N) is 2. The van der Waals surface area contributed by atoms with Crippen LogP contribution in [0.15, 0.2) is 54.6 Å². The van der Waals surface area contributed by atoms with Crippen molar-refractivity contribution in [3.05, 3.63) is 81.0 Å². The summed E-state index contributed by atoms with van der Waals surface area (Å²) < 4.78 is 10.9. The summed E-state index contributed by atoms with van der Waals surface area (Å²) in [6, 6.07) is 18.2. The highest BCUT2D eigenvalue weighted by molar-refractivity contribution is 7.11. The number of aryl methyl sites for hydroxylation is 2. The van der Waals surface area contributed by atoms with Crippen molar-refractivity contribution in [3.63, 3.8) is 0 Å². The number of hydrogen-bond donors (Lipinski definition) is 0. The summed E-state index contributed by atoms with van der Waals surface area (Å²) in [5.41, 5.74) is 3.00. The van der Waals surface area contributed by atoms with E-state index in [1.165, 1.54) is 29.7 Å². The van der Waals surface area contributed by atoms with Crippen LogP contribution >= 0.6 is 11.3 Å². The molecule has 3 aromatic rings. The Hall–Kier alpha value is -3.32. The molecule has 0 unspecified atom stereocenters. The molecule has 1 fully saturated rings. The van der Waals surface area contributed by atoms with Crippen LogP contribution in [-0.2, 0) is 24.2 Å². The second kappa shape index (κ2) is 16.5. The fraction of sp³-hybridized carbons (Fsp3) is 0.500. The van der Waals surface area contributed by atoms with Crippen LogP contribution in [-0.4, -0.2) is 55.0 Å². The first-order chi connectivity index (χ1) is 20.9. The first-order valence-electron chi connectivity index (χ1n) is 15.9. The van der Waals surface area contributed by atoms with Crippen molar-refractivity contribution in [2.24, 2.45) is 0 Å². The third-order valence-corrected chi connectivity index (χ3v) is 9.45. The standard InChI is InChI=1S/C36H48N2O4S/c1-5-6-8-11-28-15-18-30(19-16-28)36(40)38(31-12-9-7-10-13-31)26-35(39)37(25-32-20-14-27(2)43-32)23-22-29-17-21-33(41-3)34(24-29)42-4/h14-21,24,31H,5-13,22-23,25-26H2,1-4H3. The highest BCUT2D eigenvalue weighted by Gasteiger charge is 2.30. The minimum Gasteiger partial charge on any atom is -0.493 e. The van der Waals surface area contributed by atoms with Crippen molar-refractivity contribution in [3.8, 4) is 11.5 Å². The smallest absolute Gasteiger partial charge is 0.254 e. The van der Waals surface area contributed by atoms with E-state index in [1.807, 2.05) is 40.1 Å². The molecule has 0 atom stereocenters. The molecule has 1 saturated carbocycles. The van der Waals surface area contributed by atoms with E-state index < -0.39 is 0 Å². The highest BCUT2D eigenvalue weighted by Crippen LogP contribution is 2.28. The summed E-state index contributed by atoms with van der Waals surface area (Å²) in [6.45, 7) is 5.47. The molecule has 2 amide bonds. The minimum absolute atomic E-state index is 0.0124. The van der Waals surface area contributed by atoms with Gasteiger partial charge in [-0.15, -0.1) is 11.3 Å². The number of hydrogen-bond acceptors (Lipinski definition) is 5. The molecule has 1 heterocycles. The maximum Gasteiger partial charge on any atom is 0.254 e. The van der Waals surface area contributed by atoms with E-state index in [0.717, 1.165) is 49.0 Å². The fourth-order valence-corrected chi connectivity index (χ4v) is 6.82. The van der Waals surface area contributed by atoms with Crippen LogP contribution in [0.5, 0.6) is 11.5 Å². The number of thiophene rings is 1. The van der Waals surface area contributed by atoms with Crippen LogP contribution in [0.1, 0.15) is 89.5 Å². The van der Waals surface area contributed by atoms with Gasteiger partial charge in [0.05, 0.1) is 20.8 Å². The summed E-state index contributed by atoms with van der Waals surface area (Å²) in [5.74, 6) is 1.31. The number of methoxy groups -OCH3 is 2. The van der Waals surface area contributed by atoms with Gasteiger partial charge >= 0.3 is 0 Å². The van der Waals surface area contributed by atoms with Crippen LogP contribution in [0, 0.1) is 6.92 Å². The minimum atomic E-state index is -0.0350. The fourth-order valence-electron chi connectivity index (χ4n) is 5.91. The van der Waals surface area contributed by atoms with Gasteiger partial charge in [-0.3, -0.25) is 9.59 Å². The van der Waals surface area contributed by atoms with Crippen LogP contribution in [0.4, 0.5) is 0 Å². The molecule has 1 aliphatic rings. The van der Waals surface area contributed by atoms with Gasteiger partial charge in [0.25, 0.3) is 5.91 Å².